The maximum Gasteiger partial charge on any atom is 0.437 e. The monoisotopic (exact) mass is 408 g/mol. The molecule has 0 unspecified atom stereocenters. The highest BCUT2D eigenvalue weighted by Gasteiger charge is 2.65. The number of carbonyl (C=O) groups is 2. The summed E-state index contributed by atoms with van der Waals surface area (Å²) < 4.78 is 46.0. The summed E-state index contributed by atoms with van der Waals surface area (Å²) in [5.74, 6) is -2.42. The minimum atomic E-state index is -5.24. The van der Waals surface area contributed by atoms with Crippen molar-refractivity contribution in [1.29, 1.82) is 0 Å². The van der Waals surface area contributed by atoms with Crippen molar-refractivity contribution in [1.82, 2.24) is 10.6 Å². The smallest absolute Gasteiger partial charge is 0.437 e. The van der Waals surface area contributed by atoms with Gasteiger partial charge >= 0.3 is 12.2 Å². The lowest BCUT2D eigenvalue weighted by molar-refractivity contribution is -0.290. The van der Waals surface area contributed by atoms with E-state index in [1.54, 1.807) is 0 Å². The van der Waals surface area contributed by atoms with E-state index in [9.17, 15) is 27.9 Å². The van der Waals surface area contributed by atoms with Crippen molar-refractivity contribution in [3.05, 3.63) is 65.7 Å². The molecule has 9 heteroatoms. The molecule has 0 aliphatic carbocycles. The van der Waals surface area contributed by atoms with E-state index >= 15 is 0 Å². The van der Waals surface area contributed by atoms with Crippen molar-refractivity contribution in [2.45, 2.75) is 31.5 Å². The molecule has 1 heterocycles. The molecule has 3 N–H and O–H groups in total. The molecule has 3 atom stereocenters. The molecule has 2 aromatic carbocycles. The standard InChI is InChI=1S/C20H19F3N2O4/c1-12(26)16-17(24-18(27)25-19(16,28)20(21,22)23)14-7-9-15(10-8-14)29-11-13-5-3-2-4-6-13/h2-10,16-17,28H,11H2,1H3,(H2,24,25,27)/t16-,17-,19+/m1/s1. The van der Waals surface area contributed by atoms with Crippen molar-refractivity contribution < 1.29 is 32.6 Å². The number of hydrogen-bond acceptors (Lipinski definition) is 4. The van der Waals surface area contributed by atoms with E-state index in [1.165, 1.54) is 29.6 Å². The molecule has 0 saturated carbocycles. The zero-order chi connectivity index (χ0) is 21.2. The minimum Gasteiger partial charge on any atom is -0.489 e. The van der Waals surface area contributed by atoms with Gasteiger partial charge in [-0.25, -0.2) is 4.79 Å². The maximum absolute atomic E-state index is 13.5. The average Bonchev–Trinajstić information content (AvgIpc) is 2.66. The number of carbonyl (C=O) groups excluding carboxylic acids is 2. The Hall–Kier alpha value is -3.07. The van der Waals surface area contributed by atoms with Crippen LogP contribution in [-0.4, -0.2) is 28.8 Å². The molecule has 0 radical (unpaired) electrons. The molecule has 1 fully saturated rings. The SMILES string of the molecule is CC(=O)[C@@H]1[C@@H](c2ccc(OCc3ccccc3)cc2)NC(=O)N[C@@]1(O)C(F)(F)F. The van der Waals surface area contributed by atoms with Crippen molar-refractivity contribution in [2.75, 3.05) is 0 Å². The fraction of sp³-hybridized carbons (Fsp3) is 0.300. The summed E-state index contributed by atoms with van der Waals surface area (Å²) in [7, 11) is 0. The van der Waals surface area contributed by atoms with Gasteiger partial charge in [-0.1, -0.05) is 42.5 Å². The molecule has 29 heavy (non-hydrogen) atoms. The molecule has 2 amide bonds. The summed E-state index contributed by atoms with van der Waals surface area (Å²) in [6.07, 6.45) is -5.24. The first kappa shape index (κ1) is 20.7. The lowest BCUT2D eigenvalue weighted by atomic mass is 9.79. The third-order valence-electron chi connectivity index (χ3n) is 4.73. The number of hydrogen-bond donors (Lipinski definition) is 3. The second-order valence-electron chi connectivity index (χ2n) is 6.77. The average molecular weight is 408 g/mol. The fourth-order valence-electron chi connectivity index (χ4n) is 3.32. The van der Waals surface area contributed by atoms with Crippen molar-refractivity contribution >= 4 is 11.8 Å². The van der Waals surface area contributed by atoms with Gasteiger partial charge in [0.25, 0.3) is 0 Å². The lowest BCUT2D eigenvalue weighted by Crippen LogP contribution is -2.72. The Morgan fingerprint density at radius 3 is 2.31 bits per heavy atom. The van der Waals surface area contributed by atoms with Crippen LogP contribution in [0.1, 0.15) is 24.1 Å². The quantitative estimate of drug-likeness (QED) is 0.710. The van der Waals surface area contributed by atoms with Gasteiger partial charge in [0.2, 0.25) is 5.72 Å². The molecule has 154 valence electrons. The van der Waals surface area contributed by atoms with Gasteiger partial charge in [0.05, 0.1) is 12.0 Å². The largest absolute Gasteiger partial charge is 0.489 e. The van der Waals surface area contributed by atoms with Gasteiger partial charge < -0.3 is 20.5 Å². The molecule has 1 aliphatic heterocycles. The molecular weight excluding hydrogens is 389 g/mol. The Kier molecular flexibility index (Phi) is 5.52. The summed E-state index contributed by atoms with van der Waals surface area (Å²) in [5, 5.41) is 13.9. The van der Waals surface area contributed by atoms with E-state index in [0.29, 0.717) is 12.4 Å². The van der Waals surface area contributed by atoms with Crippen LogP contribution in [-0.2, 0) is 11.4 Å². The number of benzene rings is 2. The van der Waals surface area contributed by atoms with Crippen LogP contribution in [0.2, 0.25) is 0 Å². The topological polar surface area (TPSA) is 87.7 Å². The van der Waals surface area contributed by atoms with Gasteiger partial charge in [0.1, 0.15) is 18.1 Å². The van der Waals surface area contributed by atoms with Gasteiger partial charge in [-0.05, 0) is 30.2 Å². The molecule has 2 aromatic rings. The van der Waals surface area contributed by atoms with Gasteiger partial charge in [-0.15, -0.1) is 0 Å². The van der Waals surface area contributed by atoms with Gasteiger partial charge in [0.15, 0.2) is 0 Å². The highest BCUT2D eigenvalue weighted by Crippen LogP contribution is 2.43. The molecule has 0 bridgehead atoms. The normalized spacial score (nSPS) is 24.4. The van der Waals surface area contributed by atoms with E-state index in [0.717, 1.165) is 12.5 Å². The number of halogens is 3. The molecular formula is C20H19F3N2O4. The van der Waals surface area contributed by atoms with Gasteiger partial charge in [-0.2, -0.15) is 13.2 Å². The van der Waals surface area contributed by atoms with Crippen LogP contribution in [0.3, 0.4) is 0 Å². The Morgan fingerprint density at radius 2 is 1.76 bits per heavy atom. The Labute approximate surface area is 164 Å². The molecule has 0 spiro atoms. The van der Waals surface area contributed by atoms with E-state index in [2.05, 4.69) is 5.32 Å². The fourth-order valence-corrected chi connectivity index (χ4v) is 3.32. The summed E-state index contributed by atoms with van der Waals surface area (Å²) in [5.41, 5.74) is -2.50. The van der Waals surface area contributed by atoms with Crippen LogP contribution < -0.4 is 15.4 Å². The number of aliphatic hydroxyl groups is 1. The van der Waals surface area contributed by atoms with E-state index < -0.39 is 35.7 Å². The van der Waals surface area contributed by atoms with Crippen LogP contribution in [0, 0.1) is 5.92 Å². The Morgan fingerprint density at radius 1 is 1.14 bits per heavy atom. The van der Waals surface area contributed by atoms with Crippen LogP contribution in [0.5, 0.6) is 5.75 Å². The van der Waals surface area contributed by atoms with Crippen LogP contribution in [0.4, 0.5) is 18.0 Å². The predicted molar refractivity (Wildman–Crippen MR) is 96.8 cm³/mol. The number of ether oxygens (including phenoxy) is 1. The van der Waals surface area contributed by atoms with E-state index in [-0.39, 0.29) is 5.56 Å². The maximum atomic E-state index is 13.5. The van der Waals surface area contributed by atoms with Crippen LogP contribution >= 0.6 is 0 Å². The number of ketones is 1. The number of urea groups is 1. The summed E-state index contributed by atoms with van der Waals surface area (Å²) in [6, 6.07) is 12.7. The third kappa shape index (κ3) is 4.19. The Bertz CT molecular complexity index is 887. The first-order valence-electron chi connectivity index (χ1n) is 8.77. The predicted octanol–water partition coefficient (Wildman–Crippen LogP) is 3.08. The first-order valence-corrected chi connectivity index (χ1v) is 8.77. The Balaban J connectivity index is 1.84. The van der Waals surface area contributed by atoms with E-state index in [1.807, 2.05) is 30.3 Å². The molecule has 1 aliphatic rings. The second-order valence-corrected chi connectivity index (χ2v) is 6.77. The molecule has 3 rings (SSSR count). The lowest BCUT2D eigenvalue weighted by Gasteiger charge is -2.44. The van der Waals surface area contributed by atoms with Crippen LogP contribution in [0.25, 0.3) is 0 Å². The third-order valence-corrected chi connectivity index (χ3v) is 4.73. The second kappa shape index (κ2) is 7.75. The minimum absolute atomic E-state index is 0.231. The van der Waals surface area contributed by atoms with E-state index in [4.69, 9.17) is 4.74 Å². The van der Waals surface area contributed by atoms with Gasteiger partial charge in [0, 0.05) is 0 Å². The number of amides is 2. The highest BCUT2D eigenvalue weighted by atomic mass is 19.4. The van der Waals surface area contributed by atoms with Crippen molar-refractivity contribution in [2.24, 2.45) is 5.92 Å². The van der Waals surface area contributed by atoms with Crippen molar-refractivity contribution in [3.63, 3.8) is 0 Å². The molecule has 0 aromatic heterocycles. The molecule has 6 nitrogen and oxygen atoms in total. The number of nitrogens with one attached hydrogen (secondary N) is 2. The number of rotatable bonds is 5. The summed E-state index contributed by atoms with van der Waals surface area (Å²) in [6.45, 7) is 1.24. The van der Waals surface area contributed by atoms with Crippen LogP contribution in [0.15, 0.2) is 54.6 Å². The highest BCUT2D eigenvalue weighted by molar-refractivity contribution is 5.86. The first-order chi connectivity index (χ1) is 13.6. The summed E-state index contributed by atoms with van der Waals surface area (Å²) in [4.78, 5) is 23.8. The zero-order valence-electron chi connectivity index (χ0n) is 15.4. The van der Waals surface area contributed by atoms with Gasteiger partial charge in [-0.3, -0.25) is 4.79 Å². The zero-order valence-corrected chi connectivity index (χ0v) is 15.4. The molecule has 1 saturated heterocycles. The number of alkyl halides is 3. The number of Topliss-reactive ketones (excluding diaryl/α,β-unsaturated/α-hetero) is 1. The van der Waals surface area contributed by atoms with Crippen molar-refractivity contribution in [3.8, 4) is 5.75 Å². The summed E-state index contributed by atoms with van der Waals surface area (Å²) >= 11 is 0.